The first-order valence-corrected chi connectivity index (χ1v) is 5.66. The van der Waals surface area contributed by atoms with E-state index in [9.17, 15) is 0 Å². The molecular weight excluding hydrogens is 416 g/mol. The van der Waals surface area contributed by atoms with E-state index in [-0.39, 0.29) is 20.1 Å². The Balaban J connectivity index is 0.00000133. The fourth-order valence-electron chi connectivity index (χ4n) is 1.64. The maximum Gasteiger partial charge on any atom is 0.110 e. The molecule has 1 radical (unpaired) electrons. The van der Waals surface area contributed by atoms with Gasteiger partial charge in [0.2, 0.25) is 0 Å². The van der Waals surface area contributed by atoms with Gasteiger partial charge in [0.15, 0.2) is 0 Å². The summed E-state index contributed by atoms with van der Waals surface area (Å²) in [5.74, 6) is 1.58. The predicted octanol–water partition coefficient (Wildman–Crippen LogP) is 3.46. The van der Waals surface area contributed by atoms with Gasteiger partial charge in [-0.1, -0.05) is 18.2 Å². The van der Waals surface area contributed by atoms with Crippen LogP contribution < -0.4 is 4.74 Å². The third kappa shape index (κ3) is 3.31. The Hall–Kier alpha value is -1.90. The van der Waals surface area contributed by atoms with E-state index in [2.05, 4.69) is 11.2 Å². The molecule has 0 saturated carbocycles. The van der Waals surface area contributed by atoms with Gasteiger partial charge in [-0.3, -0.25) is 4.68 Å². The summed E-state index contributed by atoms with van der Waals surface area (Å²) in [7, 11) is 0. The van der Waals surface area contributed by atoms with Gasteiger partial charge in [0.05, 0.1) is 0 Å². The van der Waals surface area contributed by atoms with E-state index in [0.29, 0.717) is 0 Å². The molecule has 3 rings (SSSR count). The number of nitrogens with zero attached hydrogens (tertiary/aromatic N) is 2. The van der Waals surface area contributed by atoms with Crippen molar-refractivity contribution in [2.75, 3.05) is 0 Å². The van der Waals surface area contributed by atoms with Crippen LogP contribution in [0.4, 0.5) is 0 Å². The Morgan fingerprint density at radius 3 is 2.42 bits per heavy atom. The molecule has 2 aromatic carbocycles. The van der Waals surface area contributed by atoms with Crippen LogP contribution in [-0.2, 0) is 20.1 Å². The Bertz CT molecular complexity index is 606. The van der Waals surface area contributed by atoms with E-state index in [1.807, 2.05) is 60.8 Å². The minimum Gasteiger partial charge on any atom is -0.517 e. The van der Waals surface area contributed by atoms with E-state index in [1.54, 1.807) is 10.9 Å². The molecule has 4 heteroatoms. The van der Waals surface area contributed by atoms with Crippen molar-refractivity contribution in [3.8, 4) is 17.2 Å². The Morgan fingerprint density at radius 2 is 1.79 bits per heavy atom. The van der Waals surface area contributed by atoms with Crippen molar-refractivity contribution in [3.63, 3.8) is 0 Å². The van der Waals surface area contributed by atoms with Crippen LogP contribution in [0, 0.1) is 6.07 Å². The zero-order chi connectivity index (χ0) is 12.2. The third-order valence-electron chi connectivity index (χ3n) is 2.50. The topological polar surface area (TPSA) is 27.1 Å². The second-order valence-corrected chi connectivity index (χ2v) is 3.78. The molecule has 3 nitrogen and oxygen atoms in total. The largest absolute Gasteiger partial charge is 0.517 e. The van der Waals surface area contributed by atoms with Crippen LogP contribution in [0.2, 0.25) is 0 Å². The standard InChI is InChI=1S/C15H11N2O.Ir/c1-2-5-14(6-3-1)18-15-9-7-13(8-10-15)17-12-4-11-16-17;/h1-7,9-12H;/q-1;. The van der Waals surface area contributed by atoms with Crippen molar-refractivity contribution >= 4 is 0 Å². The van der Waals surface area contributed by atoms with Gasteiger partial charge in [0.1, 0.15) is 5.75 Å². The van der Waals surface area contributed by atoms with Gasteiger partial charge >= 0.3 is 0 Å². The van der Waals surface area contributed by atoms with Gasteiger partial charge in [-0.05, 0) is 23.9 Å². The van der Waals surface area contributed by atoms with Crippen molar-refractivity contribution in [2.45, 2.75) is 0 Å². The molecule has 0 aliphatic heterocycles. The number of benzene rings is 2. The summed E-state index contributed by atoms with van der Waals surface area (Å²) in [6, 6.07) is 20.3. The summed E-state index contributed by atoms with van der Waals surface area (Å²) in [4.78, 5) is 0. The first-order chi connectivity index (χ1) is 8.92. The summed E-state index contributed by atoms with van der Waals surface area (Å²) < 4.78 is 7.45. The molecule has 0 saturated heterocycles. The van der Waals surface area contributed by atoms with Crippen LogP contribution in [0.15, 0.2) is 67.0 Å². The molecular formula is C15H11IrN2O-. The number of rotatable bonds is 3. The van der Waals surface area contributed by atoms with E-state index in [0.717, 1.165) is 17.2 Å². The van der Waals surface area contributed by atoms with Gasteiger partial charge in [-0.25, -0.2) is 0 Å². The smallest absolute Gasteiger partial charge is 0.110 e. The molecule has 0 atom stereocenters. The average Bonchev–Trinajstić information content (AvgIpc) is 2.95. The summed E-state index contributed by atoms with van der Waals surface area (Å²) in [5, 5.41) is 4.14. The summed E-state index contributed by atoms with van der Waals surface area (Å²) in [6.45, 7) is 0. The molecule has 0 amide bonds. The predicted molar refractivity (Wildman–Crippen MR) is 68.9 cm³/mol. The van der Waals surface area contributed by atoms with E-state index in [4.69, 9.17) is 4.74 Å². The molecule has 3 aromatic rings. The number of hydrogen-bond acceptors (Lipinski definition) is 2. The fourth-order valence-corrected chi connectivity index (χ4v) is 1.64. The molecule has 97 valence electrons. The van der Waals surface area contributed by atoms with Crippen LogP contribution >= 0.6 is 0 Å². The van der Waals surface area contributed by atoms with E-state index in [1.165, 1.54) is 0 Å². The average molecular weight is 427 g/mol. The summed E-state index contributed by atoms with van der Waals surface area (Å²) in [5.41, 5.74) is 0.889. The van der Waals surface area contributed by atoms with Gasteiger partial charge in [0.25, 0.3) is 0 Å². The quantitative estimate of drug-likeness (QED) is 0.599. The number of ether oxygens (including phenoxy) is 1. The third-order valence-corrected chi connectivity index (χ3v) is 2.50. The molecule has 19 heavy (non-hydrogen) atoms. The molecule has 0 fully saturated rings. The molecule has 1 heterocycles. The Morgan fingerprint density at radius 1 is 0.947 bits per heavy atom. The molecule has 0 unspecified atom stereocenters. The minimum absolute atomic E-state index is 0. The molecule has 0 bridgehead atoms. The first-order valence-electron chi connectivity index (χ1n) is 5.66. The first kappa shape index (κ1) is 13.5. The van der Waals surface area contributed by atoms with Crippen LogP contribution in [0.3, 0.4) is 0 Å². The minimum atomic E-state index is 0. The van der Waals surface area contributed by atoms with Crippen molar-refractivity contribution in [2.24, 2.45) is 0 Å². The van der Waals surface area contributed by atoms with Crippen LogP contribution in [0.5, 0.6) is 11.5 Å². The van der Waals surface area contributed by atoms with Crippen LogP contribution in [0.1, 0.15) is 0 Å². The Labute approximate surface area is 125 Å². The zero-order valence-electron chi connectivity index (χ0n) is 9.99. The van der Waals surface area contributed by atoms with Crippen LogP contribution in [-0.4, -0.2) is 9.78 Å². The maximum atomic E-state index is 5.69. The summed E-state index contributed by atoms with van der Waals surface area (Å²) in [6.07, 6.45) is 3.62. The second-order valence-electron chi connectivity index (χ2n) is 3.78. The maximum absolute atomic E-state index is 5.69. The van der Waals surface area contributed by atoms with Gasteiger partial charge in [-0.15, -0.1) is 18.2 Å². The molecule has 1 aromatic heterocycles. The van der Waals surface area contributed by atoms with Gasteiger partial charge in [-0.2, -0.15) is 11.2 Å². The zero-order valence-corrected chi connectivity index (χ0v) is 12.4. The van der Waals surface area contributed by atoms with E-state index >= 15 is 0 Å². The molecule has 0 N–H and O–H groups in total. The normalized spacial score (nSPS) is 9.68. The van der Waals surface area contributed by atoms with Crippen molar-refractivity contribution in [1.29, 1.82) is 0 Å². The summed E-state index contributed by atoms with van der Waals surface area (Å²) >= 11 is 0. The molecule has 0 aliphatic carbocycles. The fraction of sp³-hybridized carbons (Fsp3) is 0. The van der Waals surface area contributed by atoms with Crippen molar-refractivity contribution < 1.29 is 24.8 Å². The Kier molecular flexibility index (Phi) is 4.50. The van der Waals surface area contributed by atoms with Gasteiger partial charge in [0, 0.05) is 38.2 Å². The monoisotopic (exact) mass is 428 g/mol. The number of para-hydroxylation sites is 1. The van der Waals surface area contributed by atoms with Crippen molar-refractivity contribution in [1.82, 2.24) is 9.78 Å². The molecule has 0 spiro atoms. The number of hydrogen-bond donors (Lipinski definition) is 0. The van der Waals surface area contributed by atoms with Crippen molar-refractivity contribution in [3.05, 3.63) is 73.1 Å². The second kappa shape index (κ2) is 6.32. The SMILES string of the molecule is [Ir].[c-]1cc(Oc2ccccc2)ccc1-n1cccn1. The van der Waals surface area contributed by atoms with Crippen LogP contribution in [0.25, 0.3) is 5.69 Å². The number of aromatic nitrogens is 2. The molecule has 0 aliphatic rings. The van der Waals surface area contributed by atoms with E-state index < -0.39 is 0 Å². The van der Waals surface area contributed by atoms with Gasteiger partial charge < -0.3 is 4.74 Å².